The van der Waals surface area contributed by atoms with Crippen LogP contribution in [0.4, 0.5) is 0 Å². The van der Waals surface area contributed by atoms with E-state index in [1.165, 1.54) is 0 Å². The molecule has 2 aromatic heterocycles. The highest BCUT2D eigenvalue weighted by atomic mass is 35.5. The maximum absolute atomic E-state index is 6.16. The van der Waals surface area contributed by atoms with E-state index in [1.54, 1.807) is 11.8 Å². The minimum Gasteiger partial charge on any atom is -0.491 e. The summed E-state index contributed by atoms with van der Waals surface area (Å²) in [5.41, 5.74) is 3.00. The van der Waals surface area contributed by atoms with Gasteiger partial charge in [0.05, 0.1) is 17.1 Å². The van der Waals surface area contributed by atoms with Gasteiger partial charge in [-0.1, -0.05) is 47.1 Å². The van der Waals surface area contributed by atoms with E-state index in [2.05, 4.69) is 21.5 Å². The van der Waals surface area contributed by atoms with Crippen molar-refractivity contribution in [2.24, 2.45) is 0 Å². The molecule has 0 radical (unpaired) electrons. The van der Waals surface area contributed by atoms with Gasteiger partial charge in [0.1, 0.15) is 5.75 Å². The summed E-state index contributed by atoms with van der Waals surface area (Å²) >= 11 is 13.9. The summed E-state index contributed by atoms with van der Waals surface area (Å²) in [6.07, 6.45) is 0. The molecule has 2 heterocycles. The molecule has 7 heteroatoms. The van der Waals surface area contributed by atoms with Crippen LogP contribution in [0, 0.1) is 6.92 Å². The Labute approximate surface area is 165 Å². The Morgan fingerprint density at radius 2 is 1.92 bits per heavy atom. The Balaban J connectivity index is 1.56. The number of nitrogens with zero attached hydrogens (tertiary/aromatic N) is 3. The predicted molar refractivity (Wildman–Crippen MR) is 108 cm³/mol. The average Bonchev–Trinajstić information content (AvgIpc) is 3.03. The van der Waals surface area contributed by atoms with Gasteiger partial charge in [0.25, 0.3) is 0 Å². The number of fused-ring (bicyclic) bond motifs is 3. The maximum atomic E-state index is 6.16. The largest absolute Gasteiger partial charge is 0.491 e. The molecule has 4 nitrogen and oxygen atoms in total. The Kier molecular flexibility index (Phi) is 4.94. The summed E-state index contributed by atoms with van der Waals surface area (Å²) in [4.78, 5) is 0. The molecule has 0 amide bonds. The second-order valence-corrected chi connectivity index (χ2v) is 7.70. The van der Waals surface area contributed by atoms with Crippen LogP contribution >= 0.6 is 35.0 Å². The molecule has 0 aliphatic carbocycles. The van der Waals surface area contributed by atoms with Crippen LogP contribution in [0.15, 0.2) is 53.7 Å². The number of halogens is 2. The maximum Gasteiger partial charge on any atom is 0.196 e. The SMILES string of the molecule is Cc1cc2nnc(SCCOc3ccccc3Cl)n2c2ccc(Cl)cc12. The molecule has 2 aromatic carbocycles. The Bertz CT molecular complexity index is 1100. The van der Waals surface area contributed by atoms with Crippen molar-refractivity contribution >= 4 is 51.5 Å². The van der Waals surface area contributed by atoms with Crippen LogP contribution in [-0.4, -0.2) is 27.0 Å². The van der Waals surface area contributed by atoms with Crippen molar-refractivity contribution in [2.75, 3.05) is 12.4 Å². The van der Waals surface area contributed by atoms with Crippen molar-refractivity contribution in [3.63, 3.8) is 0 Å². The Morgan fingerprint density at radius 3 is 2.77 bits per heavy atom. The number of thioether (sulfide) groups is 1. The van der Waals surface area contributed by atoms with Gasteiger partial charge in [0, 0.05) is 16.2 Å². The topological polar surface area (TPSA) is 39.4 Å². The normalized spacial score (nSPS) is 11.3. The quantitative estimate of drug-likeness (QED) is 0.317. The highest BCUT2D eigenvalue weighted by Crippen LogP contribution is 2.28. The molecule has 0 N–H and O–H groups in total. The number of hydrogen-bond acceptors (Lipinski definition) is 4. The summed E-state index contributed by atoms with van der Waals surface area (Å²) in [5, 5.41) is 11.9. The molecule has 0 saturated heterocycles. The fraction of sp³-hybridized carbons (Fsp3) is 0.158. The number of ether oxygens (including phenoxy) is 1. The van der Waals surface area contributed by atoms with Crippen LogP contribution in [0.2, 0.25) is 10.0 Å². The molecular formula is C19H15Cl2N3OS. The zero-order valence-electron chi connectivity index (χ0n) is 13.9. The molecule has 0 aliphatic rings. The lowest BCUT2D eigenvalue weighted by Crippen LogP contribution is -2.01. The minimum absolute atomic E-state index is 0.527. The van der Waals surface area contributed by atoms with E-state index >= 15 is 0 Å². The van der Waals surface area contributed by atoms with Gasteiger partial charge in [-0.05, 0) is 48.9 Å². The number of benzene rings is 2. The first kappa shape index (κ1) is 17.5. The summed E-state index contributed by atoms with van der Waals surface area (Å²) in [5.74, 6) is 1.42. The van der Waals surface area contributed by atoms with Gasteiger partial charge in [0.15, 0.2) is 10.8 Å². The van der Waals surface area contributed by atoms with Gasteiger partial charge in [-0.15, -0.1) is 10.2 Å². The summed E-state index contributed by atoms with van der Waals surface area (Å²) in [6, 6.07) is 15.3. The van der Waals surface area contributed by atoms with E-state index < -0.39 is 0 Å². The van der Waals surface area contributed by atoms with Crippen molar-refractivity contribution in [1.82, 2.24) is 14.6 Å². The lowest BCUT2D eigenvalue weighted by molar-refractivity contribution is 0.344. The number of pyridine rings is 1. The fourth-order valence-corrected chi connectivity index (χ4v) is 3.96. The molecule has 132 valence electrons. The van der Waals surface area contributed by atoms with E-state index in [0.717, 1.165) is 38.0 Å². The van der Waals surface area contributed by atoms with Crippen molar-refractivity contribution in [3.8, 4) is 5.75 Å². The third kappa shape index (κ3) is 3.34. The molecule has 26 heavy (non-hydrogen) atoms. The van der Waals surface area contributed by atoms with E-state index in [4.69, 9.17) is 27.9 Å². The van der Waals surface area contributed by atoms with Gasteiger partial charge in [-0.2, -0.15) is 0 Å². The van der Waals surface area contributed by atoms with Crippen LogP contribution < -0.4 is 4.74 Å². The Hall–Kier alpha value is -1.95. The molecule has 0 spiro atoms. The van der Waals surface area contributed by atoms with Crippen LogP contribution in [0.3, 0.4) is 0 Å². The zero-order chi connectivity index (χ0) is 18.1. The first-order chi connectivity index (χ1) is 12.6. The van der Waals surface area contributed by atoms with Gasteiger partial charge >= 0.3 is 0 Å². The van der Waals surface area contributed by atoms with Gasteiger partial charge in [0.2, 0.25) is 0 Å². The minimum atomic E-state index is 0.527. The number of aryl methyl sites for hydroxylation is 1. The number of hydrogen-bond donors (Lipinski definition) is 0. The first-order valence-corrected chi connectivity index (χ1v) is 9.82. The number of rotatable bonds is 5. The van der Waals surface area contributed by atoms with Gasteiger partial charge in [-0.3, -0.25) is 4.40 Å². The summed E-state index contributed by atoms with van der Waals surface area (Å²) < 4.78 is 7.80. The summed E-state index contributed by atoms with van der Waals surface area (Å²) in [6.45, 7) is 2.58. The van der Waals surface area contributed by atoms with Crippen LogP contribution in [0.25, 0.3) is 16.6 Å². The molecule has 0 bridgehead atoms. The number of aromatic nitrogens is 3. The van der Waals surface area contributed by atoms with Crippen LogP contribution in [-0.2, 0) is 0 Å². The molecule has 0 aliphatic heterocycles. The van der Waals surface area contributed by atoms with Crippen molar-refractivity contribution in [3.05, 3.63) is 64.1 Å². The van der Waals surface area contributed by atoms with Crippen molar-refractivity contribution in [2.45, 2.75) is 12.1 Å². The van der Waals surface area contributed by atoms with Crippen LogP contribution in [0.1, 0.15) is 5.56 Å². The molecule has 4 aromatic rings. The smallest absolute Gasteiger partial charge is 0.196 e. The lowest BCUT2D eigenvalue weighted by atomic mass is 10.1. The van der Waals surface area contributed by atoms with E-state index in [1.807, 2.05) is 48.5 Å². The van der Waals surface area contributed by atoms with Gasteiger partial charge in [-0.25, -0.2) is 0 Å². The Morgan fingerprint density at radius 1 is 1.08 bits per heavy atom. The molecule has 0 saturated carbocycles. The third-order valence-electron chi connectivity index (χ3n) is 4.04. The molecular weight excluding hydrogens is 389 g/mol. The second-order valence-electron chi connectivity index (χ2n) is 5.79. The standard InChI is InChI=1S/C19H15Cl2N3OS/c1-12-10-18-22-23-19(24(18)16-7-6-13(20)11-14(12)16)26-9-8-25-17-5-3-2-4-15(17)21/h2-7,10-11H,8-9H2,1H3. The molecule has 0 atom stereocenters. The van der Waals surface area contributed by atoms with Gasteiger partial charge < -0.3 is 4.74 Å². The predicted octanol–water partition coefficient (Wildman–Crippen LogP) is 5.67. The third-order valence-corrected chi connectivity index (χ3v) is 5.48. The summed E-state index contributed by atoms with van der Waals surface area (Å²) in [7, 11) is 0. The van der Waals surface area contributed by atoms with Crippen molar-refractivity contribution < 1.29 is 4.74 Å². The second kappa shape index (κ2) is 7.35. The fourth-order valence-electron chi connectivity index (χ4n) is 2.83. The highest BCUT2D eigenvalue weighted by molar-refractivity contribution is 7.99. The molecule has 0 unspecified atom stereocenters. The lowest BCUT2D eigenvalue weighted by Gasteiger charge is -2.09. The van der Waals surface area contributed by atoms with Crippen LogP contribution in [0.5, 0.6) is 5.75 Å². The average molecular weight is 404 g/mol. The van der Waals surface area contributed by atoms with Crippen molar-refractivity contribution in [1.29, 1.82) is 0 Å². The van der Waals surface area contributed by atoms with E-state index in [0.29, 0.717) is 17.4 Å². The first-order valence-electron chi connectivity index (χ1n) is 8.07. The monoisotopic (exact) mass is 403 g/mol. The van der Waals surface area contributed by atoms with E-state index in [9.17, 15) is 0 Å². The number of para-hydroxylation sites is 1. The molecule has 0 fully saturated rings. The zero-order valence-corrected chi connectivity index (χ0v) is 16.3. The molecule has 4 rings (SSSR count). The highest BCUT2D eigenvalue weighted by Gasteiger charge is 2.12. The van der Waals surface area contributed by atoms with E-state index in [-0.39, 0.29) is 0 Å².